The number of carbonyl (C=O) groups excluding carboxylic acids is 2. The van der Waals surface area contributed by atoms with Crippen LogP contribution in [0, 0.1) is 17.2 Å². The summed E-state index contributed by atoms with van der Waals surface area (Å²) < 4.78 is 10.0. The fourth-order valence-electron chi connectivity index (χ4n) is 1.57. The zero-order valence-corrected chi connectivity index (χ0v) is 12.0. The average Bonchev–Trinajstić information content (AvgIpc) is 2.49. The zero-order valence-electron chi connectivity index (χ0n) is 12.0. The first-order valence-corrected chi connectivity index (χ1v) is 6.55. The number of hydrogen-bond acceptors (Lipinski definition) is 5. The maximum atomic E-state index is 11.8. The quantitative estimate of drug-likeness (QED) is 0.764. The molecule has 0 aliphatic rings. The molecule has 0 fully saturated rings. The lowest BCUT2D eigenvalue weighted by Gasteiger charge is -2.20. The highest BCUT2D eigenvalue weighted by Crippen LogP contribution is 2.08. The van der Waals surface area contributed by atoms with Gasteiger partial charge in [0.05, 0.1) is 0 Å². The third kappa shape index (κ3) is 5.95. The molecule has 1 amide bonds. The molecule has 0 unspecified atom stereocenters. The number of esters is 1. The lowest BCUT2D eigenvalue weighted by atomic mass is 10.0. The largest absolute Gasteiger partial charge is 0.484 e. The molecule has 0 radical (unpaired) electrons. The predicted molar refractivity (Wildman–Crippen MR) is 75.3 cm³/mol. The topological polar surface area (TPSA) is 88.4 Å². The van der Waals surface area contributed by atoms with E-state index in [4.69, 9.17) is 14.7 Å². The van der Waals surface area contributed by atoms with Gasteiger partial charge in [-0.1, -0.05) is 32.0 Å². The van der Waals surface area contributed by atoms with Crippen LogP contribution in [0.15, 0.2) is 30.3 Å². The van der Waals surface area contributed by atoms with Crippen molar-refractivity contribution in [2.24, 2.45) is 5.92 Å². The van der Waals surface area contributed by atoms with Crippen LogP contribution in [0.4, 0.5) is 0 Å². The molecule has 1 aromatic rings. The minimum Gasteiger partial charge on any atom is -0.484 e. The summed E-state index contributed by atoms with van der Waals surface area (Å²) in [5.74, 6) is -0.635. The third-order valence-corrected chi connectivity index (χ3v) is 2.63. The van der Waals surface area contributed by atoms with Crippen LogP contribution in [0.2, 0.25) is 0 Å². The second-order valence-electron chi connectivity index (χ2n) is 4.66. The van der Waals surface area contributed by atoms with E-state index in [0.29, 0.717) is 5.75 Å². The molecule has 1 rings (SSSR count). The fraction of sp³-hybridized carbons (Fsp3) is 0.400. The van der Waals surface area contributed by atoms with Crippen LogP contribution in [-0.2, 0) is 14.3 Å². The van der Waals surface area contributed by atoms with Crippen LogP contribution in [0.5, 0.6) is 5.75 Å². The Morgan fingerprint density at radius 1 is 1.29 bits per heavy atom. The van der Waals surface area contributed by atoms with E-state index < -0.39 is 17.9 Å². The second kappa shape index (κ2) is 8.59. The number of ether oxygens (including phenoxy) is 2. The van der Waals surface area contributed by atoms with E-state index in [2.05, 4.69) is 5.32 Å². The van der Waals surface area contributed by atoms with E-state index in [1.54, 1.807) is 44.2 Å². The number of nitrogens with one attached hydrogen (secondary N) is 1. The number of carbonyl (C=O) groups is 2. The molecule has 0 saturated heterocycles. The van der Waals surface area contributed by atoms with Crippen molar-refractivity contribution in [3.63, 3.8) is 0 Å². The Morgan fingerprint density at radius 3 is 2.52 bits per heavy atom. The number of hydrogen-bond donors (Lipinski definition) is 1. The van der Waals surface area contributed by atoms with Crippen LogP contribution in [0.3, 0.4) is 0 Å². The molecule has 0 heterocycles. The van der Waals surface area contributed by atoms with Gasteiger partial charge in [-0.05, 0) is 18.1 Å². The summed E-state index contributed by atoms with van der Waals surface area (Å²) >= 11 is 0. The molecular formula is C15H18N2O4. The van der Waals surface area contributed by atoms with Gasteiger partial charge in [-0.15, -0.1) is 0 Å². The van der Waals surface area contributed by atoms with E-state index in [1.807, 2.05) is 6.07 Å². The minimum absolute atomic E-state index is 0.156. The standard InChI is InChI=1S/C15H18N2O4/c1-11(2)14(15(19)20-9-8-16)17-13(18)10-21-12-6-4-3-5-7-12/h3-7,11,14H,9-10H2,1-2H3,(H,17,18)/t14-/m0/s1. The van der Waals surface area contributed by atoms with Crippen molar-refractivity contribution in [2.75, 3.05) is 13.2 Å². The van der Waals surface area contributed by atoms with Gasteiger partial charge in [0.15, 0.2) is 13.2 Å². The lowest BCUT2D eigenvalue weighted by molar-refractivity contribution is -0.148. The highest BCUT2D eigenvalue weighted by Gasteiger charge is 2.25. The molecule has 6 nitrogen and oxygen atoms in total. The predicted octanol–water partition coefficient (Wildman–Crippen LogP) is 1.27. The second-order valence-corrected chi connectivity index (χ2v) is 4.66. The van der Waals surface area contributed by atoms with Crippen molar-refractivity contribution >= 4 is 11.9 Å². The first kappa shape index (κ1) is 16.5. The van der Waals surface area contributed by atoms with Crippen LogP contribution >= 0.6 is 0 Å². The maximum absolute atomic E-state index is 11.8. The Hall–Kier alpha value is -2.55. The van der Waals surface area contributed by atoms with Crippen LogP contribution < -0.4 is 10.1 Å². The molecule has 0 aliphatic carbocycles. The van der Waals surface area contributed by atoms with Gasteiger partial charge >= 0.3 is 5.97 Å². The number of rotatable bonds is 7. The van der Waals surface area contributed by atoms with Crippen molar-refractivity contribution in [1.82, 2.24) is 5.32 Å². The molecule has 21 heavy (non-hydrogen) atoms. The normalized spacial score (nSPS) is 11.3. The van der Waals surface area contributed by atoms with E-state index in [1.165, 1.54) is 0 Å². The van der Waals surface area contributed by atoms with Crippen LogP contribution in [0.1, 0.15) is 13.8 Å². The minimum atomic E-state index is -0.801. The van der Waals surface area contributed by atoms with E-state index in [0.717, 1.165) is 0 Å². The highest BCUT2D eigenvalue weighted by molar-refractivity contribution is 5.85. The molecule has 0 saturated carbocycles. The number of para-hydroxylation sites is 1. The highest BCUT2D eigenvalue weighted by atomic mass is 16.5. The number of amides is 1. The molecule has 1 N–H and O–H groups in total. The van der Waals surface area contributed by atoms with Crippen molar-refractivity contribution < 1.29 is 19.1 Å². The van der Waals surface area contributed by atoms with E-state index >= 15 is 0 Å². The molecule has 0 bridgehead atoms. The van der Waals surface area contributed by atoms with Crippen molar-refractivity contribution in [1.29, 1.82) is 5.26 Å². The van der Waals surface area contributed by atoms with Gasteiger partial charge in [-0.2, -0.15) is 5.26 Å². The summed E-state index contributed by atoms with van der Waals surface area (Å²) in [6.07, 6.45) is 0. The first-order valence-electron chi connectivity index (χ1n) is 6.55. The van der Waals surface area contributed by atoms with Gasteiger partial charge in [0, 0.05) is 0 Å². The van der Waals surface area contributed by atoms with Crippen molar-refractivity contribution in [3.8, 4) is 11.8 Å². The van der Waals surface area contributed by atoms with Crippen LogP contribution in [-0.4, -0.2) is 31.1 Å². The molecule has 0 aromatic heterocycles. The van der Waals surface area contributed by atoms with Gasteiger partial charge in [0.25, 0.3) is 5.91 Å². The fourth-order valence-corrected chi connectivity index (χ4v) is 1.57. The Labute approximate surface area is 123 Å². The molecule has 0 spiro atoms. The maximum Gasteiger partial charge on any atom is 0.329 e. The van der Waals surface area contributed by atoms with Gasteiger partial charge in [-0.25, -0.2) is 4.79 Å². The number of nitriles is 1. The van der Waals surface area contributed by atoms with Gasteiger partial charge < -0.3 is 14.8 Å². The number of benzene rings is 1. The number of nitrogens with zero attached hydrogens (tertiary/aromatic N) is 1. The van der Waals surface area contributed by atoms with Crippen molar-refractivity contribution in [2.45, 2.75) is 19.9 Å². The Balaban J connectivity index is 2.49. The Bertz CT molecular complexity index is 508. The van der Waals surface area contributed by atoms with Crippen LogP contribution in [0.25, 0.3) is 0 Å². The lowest BCUT2D eigenvalue weighted by Crippen LogP contribution is -2.47. The van der Waals surface area contributed by atoms with Gasteiger partial charge in [0.2, 0.25) is 0 Å². The summed E-state index contributed by atoms with van der Waals surface area (Å²) in [6, 6.07) is 9.80. The Morgan fingerprint density at radius 2 is 1.95 bits per heavy atom. The van der Waals surface area contributed by atoms with E-state index in [9.17, 15) is 9.59 Å². The van der Waals surface area contributed by atoms with E-state index in [-0.39, 0.29) is 19.1 Å². The smallest absolute Gasteiger partial charge is 0.329 e. The van der Waals surface area contributed by atoms with Gasteiger partial charge in [-0.3, -0.25) is 4.79 Å². The average molecular weight is 290 g/mol. The summed E-state index contributed by atoms with van der Waals surface area (Å²) in [4.78, 5) is 23.5. The zero-order chi connectivity index (χ0) is 15.7. The summed E-state index contributed by atoms with van der Waals surface area (Å²) in [6.45, 7) is 3.02. The first-order chi connectivity index (χ1) is 10.0. The summed E-state index contributed by atoms with van der Waals surface area (Å²) in [5.41, 5.74) is 0. The molecule has 6 heteroatoms. The summed E-state index contributed by atoms with van der Waals surface area (Å²) in [5, 5.41) is 10.9. The third-order valence-electron chi connectivity index (χ3n) is 2.63. The van der Waals surface area contributed by atoms with Crippen molar-refractivity contribution in [3.05, 3.63) is 30.3 Å². The molecule has 1 atom stereocenters. The monoisotopic (exact) mass is 290 g/mol. The SMILES string of the molecule is CC(C)[C@H](NC(=O)COc1ccccc1)C(=O)OCC#N. The molecule has 0 aliphatic heterocycles. The Kier molecular flexibility index (Phi) is 6.75. The molecular weight excluding hydrogens is 272 g/mol. The summed E-state index contributed by atoms with van der Waals surface area (Å²) in [7, 11) is 0. The molecule has 1 aromatic carbocycles. The van der Waals surface area contributed by atoms with Gasteiger partial charge in [0.1, 0.15) is 17.9 Å². The molecule has 112 valence electrons.